The fraction of sp³-hybridized carbons (Fsp3) is 0.462. The van der Waals surface area contributed by atoms with Gasteiger partial charge in [-0.1, -0.05) is 22.0 Å². The van der Waals surface area contributed by atoms with Crippen molar-refractivity contribution in [1.82, 2.24) is 4.90 Å². The number of carboxylic acids is 1. The van der Waals surface area contributed by atoms with Crippen molar-refractivity contribution in [3.8, 4) is 0 Å². The van der Waals surface area contributed by atoms with Crippen LogP contribution >= 0.6 is 15.9 Å². The van der Waals surface area contributed by atoms with E-state index in [9.17, 15) is 4.79 Å². The normalized spacial score (nSPS) is 20.9. The lowest BCUT2D eigenvalue weighted by atomic mass is 10.1. The summed E-state index contributed by atoms with van der Waals surface area (Å²) in [7, 11) is 0. The number of aromatic carboxylic acids is 1. The summed E-state index contributed by atoms with van der Waals surface area (Å²) in [6.45, 7) is 5.37. The highest BCUT2D eigenvalue weighted by molar-refractivity contribution is 9.10. The van der Waals surface area contributed by atoms with Crippen molar-refractivity contribution in [2.75, 3.05) is 19.8 Å². The minimum Gasteiger partial charge on any atom is -0.478 e. The highest BCUT2D eigenvalue weighted by atomic mass is 79.9. The maximum atomic E-state index is 10.9. The molecule has 18 heavy (non-hydrogen) atoms. The molecule has 1 aromatic rings. The van der Waals surface area contributed by atoms with Crippen molar-refractivity contribution in [3.63, 3.8) is 0 Å². The van der Waals surface area contributed by atoms with Crippen LogP contribution in [0.25, 0.3) is 0 Å². The summed E-state index contributed by atoms with van der Waals surface area (Å²) < 4.78 is 6.25. The molecule has 5 heteroatoms. The number of morpholine rings is 1. The van der Waals surface area contributed by atoms with E-state index in [0.29, 0.717) is 11.6 Å². The Hall–Kier alpha value is -0.910. The Morgan fingerprint density at radius 2 is 2.39 bits per heavy atom. The number of benzene rings is 1. The summed E-state index contributed by atoms with van der Waals surface area (Å²) in [5.41, 5.74) is 1.41. The molecule has 1 fully saturated rings. The van der Waals surface area contributed by atoms with E-state index in [2.05, 4.69) is 27.8 Å². The Kier molecular flexibility index (Phi) is 4.37. The first kappa shape index (κ1) is 13.5. The standard InChI is InChI=1S/C13H16BrNO3/c1-9-8-18-5-4-15(9)7-11-3-2-10(13(16)17)6-12(11)14/h2-3,6,9H,4-5,7-8H2,1H3,(H,16,17). The lowest BCUT2D eigenvalue weighted by Crippen LogP contribution is -2.42. The lowest BCUT2D eigenvalue weighted by molar-refractivity contribution is -0.00445. The van der Waals surface area contributed by atoms with E-state index in [1.54, 1.807) is 12.1 Å². The van der Waals surface area contributed by atoms with Crippen LogP contribution in [0.4, 0.5) is 0 Å². The van der Waals surface area contributed by atoms with Crippen molar-refractivity contribution in [2.45, 2.75) is 19.5 Å². The van der Waals surface area contributed by atoms with E-state index >= 15 is 0 Å². The molecule has 0 saturated carbocycles. The van der Waals surface area contributed by atoms with Gasteiger partial charge in [0, 0.05) is 23.6 Å². The van der Waals surface area contributed by atoms with E-state index in [0.717, 1.165) is 36.3 Å². The molecule has 0 radical (unpaired) electrons. The van der Waals surface area contributed by atoms with E-state index in [1.165, 1.54) is 0 Å². The fourth-order valence-electron chi connectivity index (χ4n) is 2.02. The fourth-order valence-corrected chi connectivity index (χ4v) is 2.53. The molecule has 0 aromatic heterocycles. The number of hydrogen-bond donors (Lipinski definition) is 1. The Labute approximate surface area is 115 Å². The molecule has 0 spiro atoms. The zero-order valence-electron chi connectivity index (χ0n) is 10.2. The SMILES string of the molecule is CC1COCCN1Cc1ccc(C(=O)O)cc1Br. The van der Waals surface area contributed by atoms with Gasteiger partial charge in [0.1, 0.15) is 0 Å². The Morgan fingerprint density at radius 3 is 3.00 bits per heavy atom. The highest BCUT2D eigenvalue weighted by Gasteiger charge is 2.19. The predicted molar refractivity (Wildman–Crippen MR) is 71.8 cm³/mol. The summed E-state index contributed by atoms with van der Waals surface area (Å²) >= 11 is 3.44. The first-order chi connectivity index (χ1) is 8.58. The van der Waals surface area contributed by atoms with Crippen molar-refractivity contribution in [1.29, 1.82) is 0 Å². The Bertz CT molecular complexity index is 450. The van der Waals surface area contributed by atoms with Crippen molar-refractivity contribution >= 4 is 21.9 Å². The summed E-state index contributed by atoms with van der Waals surface area (Å²) in [6, 6.07) is 5.57. The smallest absolute Gasteiger partial charge is 0.335 e. The molecule has 1 aromatic carbocycles. The predicted octanol–water partition coefficient (Wildman–Crippen LogP) is 2.37. The third-order valence-corrected chi connectivity index (χ3v) is 3.92. The van der Waals surface area contributed by atoms with Crippen molar-refractivity contribution in [2.24, 2.45) is 0 Å². The van der Waals surface area contributed by atoms with Crippen molar-refractivity contribution in [3.05, 3.63) is 33.8 Å². The summed E-state index contributed by atoms with van der Waals surface area (Å²) in [4.78, 5) is 13.2. The van der Waals surface area contributed by atoms with Crippen LogP contribution in [0.5, 0.6) is 0 Å². The molecule has 0 aliphatic carbocycles. The Balaban J connectivity index is 2.11. The summed E-state index contributed by atoms with van der Waals surface area (Å²) in [5, 5.41) is 8.92. The highest BCUT2D eigenvalue weighted by Crippen LogP contribution is 2.22. The zero-order chi connectivity index (χ0) is 13.1. The molecule has 1 heterocycles. The van der Waals surface area contributed by atoms with Gasteiger partial charge in [0.2, 0.25) is 0 Å². The average Bonchev–Trinajstić information content (AvgIpc) is 2.34. The third-order valence-electron chi connectivity index (χ3n) is 3.18. The second-order valence-electron chi connectivity index (χ2n) is 4.51. The quantitative estimate of drug-likeness (QED) is 0.930. The number of carbonyl (C=O) groups is 1. The van der Waals surface area contributed by atoms with Gasteiger partial charge in [-0.15, -0.1) is 0 Å². The molecule has 1 aliphatic heterocycles. The topological polar surface area (TPSA) is 49.8 Å². The van der Waals surface area contributed by atoms with E-state index < -0.39 is 5.97 Å². The Morgan fingerprint density at radius 1 is 1.61 bits per heavy atom. The molecular formula is C13H16BrNO3. The van der Waals surface area contributed by atoms with Crippen LogP contribution in [0.3, 0.4) is 0 Å². The first-order valence-corrected chi connectivity index (χ1v) is 6.70. The number of ether oxygens (including phenoxy) is 1. The van der Waals surface area contributed by atoms with Crippen LogP contribution in [0.2, 0.25) is 0 Å². The van der Waals surface area contributed by atoms with Gasteiger partial charge in [-0.05, 0) is 24.6 Å². The molecule has 4 nitrogen and oxygen atoms in total. The van der Waals surface area contributed by atoms with Gasteiger partial charge in [-0.25, -0.2) is 4.79 Å². The summed E-state index contributed by atoms with van der Waals surface area (Å²) in [6.07, 6.45) is 0. The molecule has 1 aliphatic rings. The van der Waals surface area contributed by atoms with Crippen LogP contribution in [-0.2, 0) is 11.3 Å². The minimum atomic E-state index is -0.901. The zero-order valence-corrected chi connectivity index (χ0v) is 11.8. The number of rotatable bonds is 3. The lowest BCUT2D eigenvalue weighted by Gasteiger charge is -2.33. The van der Waals surface area contributed by atoms with Crippen molar-refractivity contribution < 1.29 is 14.6 Å². The van der Waals surface area contributed by atoms with Gasteiger partial charge in [-0.2, -0.15) is 0 Å². The van der Waals surface area contributed by atoms with Gasteiger partial charge >= 0.3 is 5.97 Å². The molecule has 1 unspecified atom stereocenters. The van der Waals surface area contributed by atoms with Gasteiger partial charge < -0.3 is 9.84 Å². The number of hydrogen-bond acceptors (Lipinski definition) is 3. The number of carboxylic acid groups (broad SMARTS) is 1. The number of nitrogens with zero attached hydrogens (tertiary/aromatic N) is 1. The van der Waals surface area contributed by atoms with Crippen LogP contribution in [0, 0.1) is 0 Å². The first-order valence-electron chi connectivity index (χ1n) is 5.91. The van der Waals surface area contributed by atoms with Gasteiger partial charge in [-0.3, -0.25) is 4.90 Å². The molecule has 1 N–H and O–H groups in total. The van der Waals surface area contributed by atoms with E-state index in [1.807, 2.05) is 6.07 Å². The van der Waals surface area contributed by atoms with Gasteiger partial charge in [0.25, 0.3) is 0 Å². The molecule has 0 amide bonds. The molecule has 98 valence electrons. The molecule has 1 saturated heterocycles. The van der Waals surface area contributed by atoms with E-state index in [-0.39, 0.29) is 0 Å². The molecule has 2 rings (SSSR count). The minimum absolute atomic E-state index is 0.306. The molecule has 0 bridgehead atoms. The molecular weight excluding hydrogens is 298 g/mol. The second-order valence-corrected chi connectivity index (χ2v) is 5.36. The van der Waals surface area contributed by atoms with E-state index in [4.69, 9.17) is 9.84 Å². The van der Waals surface area contributed by atoms with Crippen LogP contribution in [0.1, 0.15) is 22.8 Å². The maximum Gasteiger partial charge on any atom is 0.335 e. The van der Waals surface area contributed by atoms with Crippen LogP contribution < -0.4 is 0 Å². The maximum absolute atomic E-state index is 10.9. The van der Waals surface area contributed by atoms with Crippen LogP contribution in [-0.4, -0.2) is 41.8 Å². The van der Waals surface area contributed by atoms with Crippen LogP contribution in [0.15, 0.2) is 22.7 Å². The van der Waals surface area contributed by atoms with Gasteiger partial charge in [0.05, 0.1) is 18.8 Å². The molecule has 1 atom stereocenters. The third kappa shape index (κ3) is 3.10. The number of halogens is 1. The monoisotopic (exact) mass is 313 g/mol. The summed E-state index contributed by atoms with van der Waals surface area (Å²) in [5.74, 6) is -0.901. The average molecular weight is 314 g/mol. The van der Waals surface area contributed by atoms with Gasteiger partial charge in [0.15, 0.2) is 0 Å². The second kappa shape index (κ2) is 5.82. The largest absolute Gasteiger partial charge is 0.478 e.